The van der Waals surface area contributed by atoms with E-state index in [9.17, 15) is 14.7 Å². The highest BCUT2D eigenvalue weighted by atomic mass is 16.5. The predicted octanol–water partition coefficient (Wildman–Crippen LogP) is 3.45. The molecule has 0 heterocycles. The molecule has 2 aromatic carbocycles. The van der Waals surface area contributed by atoms with Gasteiger partial charge in [-0.15, -0.1) is 0 Å². The van der Waals surface area contributed by atoms with E-state index in [4.69, 9.17) is 29.5 Å². The van der Waals surface area contributed by atoms with Gasteiger partial charge in [0.2, 0.25) is 0 Å². The number of hydrogen-bond acceptors (Lipinski definition) is 9. The average molecular weight is 491 g/mol. The lowest BCUT2D eigenvalue weighted by Crippen LogP contribution is -2.25. The van der Waals surface area contributed by atoms with E-state index >= 15 is 0 Å². The molecule has 9 heteroatoms. The summed E-state index contributed by atoms with van der Waals surface area (Å²) in [6.45, 7) is 3.64. The molecule has 0 saturated heterocycles. The van der Waals surface area contributed by atoms with Crippen LogP contribution in [0.5, 0.6) is 11.5 Å². The van der Waals surface area contributed by atoms with Gasteiger partial charge < -0.3 is 24.1 Å². The van der Waals surface area contributed by atoms with Gasteiger partial charge >= 0.3 is 11.9 Å². The normalized spacial score (nSPS) is 12.0. The van der Waals surface area contributed by atoms with Crippen LogP contribution in [0, 0.1) is 22.7 Å². The first kappa shape index (κ1) is 27.6. The largest absolute Gasteiger partial charge is 0.491 e. The second-order valence-corrected chi connectivity index (χ2v) is 7.19. The topological polar surface area (TPSA) is 139 Å². The zero-order valence-electron chi connectivity index (χ0n) is 20.0. The van der Waals surface area contributed by atoms with Crippen molar-refractivity contribution in [3.05, 3.63) is 70.8 Å². The molecule has 0 spiro atoms. The average Bonchev–Trinajstić information content (AvgIpc) is 2.89. The Bertz CT molecular complexity index is 1080. The zero-order chi connectivity index (χ0) is 26.3. The van der Waals surface area contributed by atoms with Gasteiger partial charge in [0.1, 0.15) is 54.1 Å². The van der Waals surface area contributed by atoms with Crippen molar-refractivity contribution in [2.24, 2.45) is 0 Å². The second kappa shape index (κ2) is 14.6. The third kappa shape index (κ3) is 8.98. The molecule has 1 N–H and O–H groups in total. The lowest BCUT2D eigenvalue weighted by Gasteiger charge is -2.14. The number of aliphatic hydroxyl groups excluding tert-OH is 1. The van der Waals surface area contributed by atoms with Gasteiger partial charge in [0, 0.05) is 0 Å². The van der Waals surface area contributed by atoms with Crippen molar-refractivity contribution in [1.82, 2.24) is 0 Å². The maximum atomic E-state index is 11.7. The maximum Gasteiger partial charge on any atom is 0.348 e. The van der Waals surface area contributed by atoms with E-state index in [0.717, 1.165) is 0 Å². The number of nitriles is 2. The summed E-state index contributed by atoms with van der Waals surface area (Å²) in [6.07, 6.45) is 1.93. The van der Waals surface area contributed by atoms with Crippen molar-refractivity contribution in [3.8, 4) is 23.6 Å². The molecule has 9 nitrogen and oxygen atoms in total. The molecule has 186 valence electrons. The third-order valence-corrected chi connectivity index (χ3v) is 4.50. The highest BCUT2D eigenvalue weighted by Crippen LogP contribution is 2.17. The van der Waals surface area contributed by atoms with Crippen LogP contribution < -0.4 is 9.47 Å². The molecule has 2 rings (SSSR count). The molecule has 0 bridgehead atoms. The number of carbonyl (C=O) groups excluding carboxylic acids is 2. The molecule has 0 saturated carbocycles. The molecule has 36 heavy (non-hydrogen) atoms. The van der Waals surface area contributed by atoms with Crippen LogP contribution in [0.3, 0.4) is 0 Å². The molecular weight excluding hydrogens is 464 g/mol. The molecule has 0 amide bonds. The van der Waals surface area contributed by atoms with Gasteiger partial charge in [0.05, 0.1) is 13.2 Å². The summed E-state index contributed by atoms with van der Waals surface area (Å²) in [4.78, 5) is 23.4. The van der Waals surface area contributed by atoms with Crippen molar-refractivity contribution in [2.45, 2.75) is 20.0 Å². The van der Waals surface area contributed by atoms with E-state index in [1.165, 1.54) is 12.2 Å². The Hall–Kier alpha value is -4.60. The SMILES string of the molecule is CCOC(=O)C(C#N)=Cc1ccc(OCC(O)COc2ccc(C=C(C#N)C(=O)OCC)cc2)cc1. The molecule has 2 aromatic rings. The molecule has 0 atom stereocenters. The summed E-state index contributed by atoms with van der Waals surface area (Å²) in [7, 11) is 0. The van der Waals surface area contributed by atoms with Gasteiger partial charge in [-0.3, -0.25) is 0 Å². The summed E-state index contributed by atoms with van der Waals surface area (Å²) in [5.41, 5.74) is 1.04. The van der Waals surface area contributed by atoms with Crippen LogP contribution in [-0.4, -0.2) is 49.6 Å². The Morgan fingerprint density at radius 3 is 1.44 bits per heavy atom. The summed E-state index contributed by atoms with van der Waals surface area (Å²) in [5, 5.41) is 28.4. The number of aliphatic hydroxyl groups is 1. The number of nitrogens with zero attached hydrogens (tertiary/aromatic N) is 2. The molecule has 0 unspecified atom stereocenters. The molecular formula is C27H26N2O7. The minimum atomic E-state index is -0.910. The van der Waals surface area contributed by atoms with E-state index in [2.05, 4.69) is 0 Å². The summed E-state index contributed by atoms with van der Waals surface area (Å²) in [6, 6.07) is 16.9. The predicted molar refractivity (Wildman–Crippen MR) is 130 cm³/mol. The molecule has 0 aliphatic rings. The quantitative estimate of drug-likeness (QED) is 0.269. The number of carbonyl (C=O) groups is 2. The smallest absolute Gasteiger partial charge is 0.348 e. The fraction of sp³-hybridized carbons (Fsp3) is 0.259. The number of hydrogen-bond donors (Lipinski definition) is 1. The van der Waals surface area contributed by atoms with Crippen molar-refractivity contribution in [1.29, 1.82) is 10.5 Å². The van der Waals surface area contributed by atoms with Gasteiger partial charge in [-0.25, -0.2) is 9.59 Å². The van der Waals surface area contributed by atoms with Gasteiger partial charge in [-0.05, 0) is 61.4 Å². The van der Waals surface area contributed by atoms with Crippen molar-refractivity contribution < 1.29 is 33.6 Å². The van der Waals surface area contributed by atoms with Crippen LogP contribution in [-0.2, 0) is 19.1 Å². The van der Waals surface area contributed by atoms with Crippen LogP contribution in [0.15, 0.2) is 59.7 Å². The highest BCUT2D eigenvalue weighted by Gasteiger charge is 2.11. The lowest BCUT2D eigenvalue weighted by atomic mass is 10.1. The summed E-state index contributed by atoms with van der Waals surface area (Å²) < 4.78 is 20.8. The Morgan fingerprint density at radius 1 is 0.778 bits per heavy atom. The van der Waals surface area contributed by atoms with E-state index in [1.807, 2.05) is 12.1 Å². The first-order valence-corrected chi connectivity index (χ1v) is 11.1. The van der Waals surface area contributed by atoms with Crippen molar-refractivity contribution >= 4 is 24.1 Å². The maximum absolute atomic E-state index is 11.7. The van der Waals surface area contributed by atoms with Gasteiger partial charge in [-0.2, -0.15) is 10.5 Å². The number of ether oxygens (including phenoxy) is 4. The minimum absolute atomic E-state index is 0.0205. The molecule has 0 radical (unpaired) electrons. The Balaban J connectivity index is 1.85. The minimum Gasteiger partial charge on any atom is -0.491 e. The number of benzene rings is 2. The fourth-order valence-corrected chi connectivity index (χ4v) is 2.78. The third-order valence-electron chi connectivity index (χ3n) is 4.50. The van der Waals surface area contributed by atoms with Gasteiger partial charge in [0.15, 0.2) is 0 Å². The first-order valence-electron chi connectivity index (χ1n) is 11.1. The van der Waals surface area contributed by atoms with Crippen LogP contribution in [0.25, 0.3) is 12.2 Å². The van der Waals surface area contributed by atoms with Crippen LogP contribution >= 0.6 is 0 Å². The van der Waals surface area contributed by atoms with Crippen LogP contribution in [0.1, 0.15) is 25.0 Å². The summed E-state index contributed by atoms with van der Waals surface area (Å²) in [5.74, 6) is -0.380. The van der Waals surface area contributed by atoms with Crippen molar-refractivity contribution in [2.75, 3.05) is 26.4 Å². The summed E-state index contributed by atoms with van der Waals surface area (Å²) >= 11 is 0. The highest BCUT2D eigenvalue weighted by molar-refractivity contribution is 5.98. The Kier molecular flexibility index (Phi) is 11.2. The molecule has 0 aliphatic carbocycles. The Labute approximate surface area is 209 Å². The van der Waals surface area contributed by atoms with Gasteiger partial charge in [-0.1, -0.05) is 24.3 Å². The Morgan fingerprint density at radius 2 is 1.14 bits per heavy atom. The van der Waals surface area contributed by atoms with E-state index < -0.39 is 18.0 Å². The first-order chi connectivity index (χ1) is 17.4. The molecule has 0 aromatic heterocycles. The van der Waals surface area contributed by atoms with E-state index in [0.29, 0.717) is 22.6 Å². The number of rotatable bonds is 12. The van der Waals surface area contributed by atoms with Crippen molar-refractivity contribution in [3.63, 3.8) is 0 Å². The standard InChI is InChI=1S/C27H26N2O7/c1-3-33-26(31)21(15-28)13-19-5-9-24(10-6-19)35-17-23(30)18-36-25-11-7-20(8-12-25)14-22(16-29)27(32)34-4-2/h5-14,23,30H,3-4,17-18H2,1-2H3. The van der Waals surface area contributed by atoms with Crippen LogP contribution in [0.2, 0.25) is 0 Å². The second-order valence-electron chi connectivity index (χ2n) is 7.19. The van der Waals surface area contributed by atoms with E-state index in [1.54, 1.807) is 62.4 Å². The fourth-order valence-electron chi connectivity index (χ4n) is 2.78. The molecule has 0 aliphatic heterocycles. The molecule has 0 fully saturated rings. The van der Waals surface area contributed by atoms with Crippen LogP contribution in [0.4, 0.5) is 0 Å². The van der Waals surface area contributed by atoms with E-state index in [-0.39, 0.29) is 37.6 Å². The van der Waals surface area contributed by atoms with Gasteiger partial charge in [0.25, 0.3) is 0 Å². The number of esters is 2. The lowest BCUT2D eigenvalue weighted by molar-refractivity contribution is -0.138. The monoisotopic (exact) mass is 490 g/mol. The zero-order valence-corrected chi connectivity index (χ0v) is 20.0.